The number of hydrogen-bond donors (Lipinski definition) is 1. The van der Waals surface area contributed by atoms with Crippen molar-refractivity contribution in [3.05, 3.63) is 0 Å². The lowest BCUT2D eigenvalue weighted by Crippen LogP contribution is -2.41. The highest BCUT2D eigenvalue weighted by molar-refractivity contribution is 7.09. The first-order valence-corrected chi connectivity index (χ1v) is 3.95. The molecule has 0 aromatic carbocycles. The lowest BCUT2D eigenvalue weighted by Gasteiger charge is -2.29. The first-order chi connectivity index (χ1) is 5.26. The van der Waals surface area contributed by atoms with Crippen molar-refractivity contribution < 1.29 is 14.1 Å². The predicted molar refractivity (Wildman–Crippen MR) is 42.7 cm³/mol. The first kappa shape index (κ1) is 9.07. The summed E-state index contributed by atoms with van der Waals surface area (Å²) in [5.74, 6) is 0. The molecule has 4 unspecified atom stereocenters. The van der Waals surface area contributed by atoms with Crippen molar-refractivity contribution in [2.75, 3.05) is 0 Å². The molecule has 0 radical (unpaired) electrons. The van der Waals surface area contributed by atoms with Gasteiger partial charge in [0, 0.05) is 22.3 Å². The standard InChI is InChI=1S/C6H12NO3P/c7-6-2-4(10-11)1-5(3-8)9-6/h3-6H,1-2,7,11H2. The zero-order chi connectivity index (χ0) is 8.27. The van der Waals surface area contributed by atoms with Crippen molar-refractivity contribution in [2.45, 2.75) is 31.3 Å². The Kier molecular flexibility index (Phi) is 3.40. The van der Waals surface area contributed by atoms with E-state index >= 15 is 0 Å². The van der Waals surface area contributed by atoms with Crippen LogP contribution in [0, 0.1) is 0 Å². The van der Waals surface area contributed by atoms with Crippen LogP contribution < -0.4 is 5.73 Å². The number of aldehydes is 1. The minimum absolute atomic E-state index is 0.0268. The summed E-state index contributed by atoms with van der Waals surface area (Å²) in [6.07, 6.45) is 1.26. The molecule has 1 aliphatic heterocycles. The normalized spacial score (nSPS) is 38.5. The van der Waals surface area contributed by atoms with Crippen LogP contribution in [0.4, 0.5) is 0 Å². The Morgan fingerprint density at radius 1 is 1.64 bits per heavy atom. The molecular weight excluding hydrogens is 165 g/mol. The Morgan fingerprint density at radius 2 is 2.36 bits per heavy atom. The average Bonchev–Trinajstić information content (AvgIpc) is 2.03. The van der Waals surface area contributed by atoms with Crippen molar-refractivity contribution in [3.63, 3.8) is 0 Å². The molecule has 1 fully saturated rings. The highest BCUT2D eigenvalue weighted by Crippen LogP contribution is 2.19. The van der Waals surface area contributed by atoms with Gasteiger partial charge in [-0.1, -0.05) is 0 Å². The summed E-state index contributed by atoms with van der Waals surface area (Å²) >= 11 is 0. The van der Waals surface area contributed by atoms with Gasteiger partial charge >= 0.3 is 0 Å². The van der Waals surface area contributed by atoms with Gasteiger partial charge in [0.2, 0.25) is 0 Å². The number of nitrogens with two attached hydrogens (primary N) is 1. The minimum Gasteiger partial charge on any atom is -0.362 e. The second-order valence-electron chi connectivity index (χ2n) is 2.58. The third-order valence-corrected chi connectivity index (χ3v) is 2.07. The lowest BCUT2D eigenvalue weighted by atomic mass is 10.1. The summed E-state index contributed by atoms with van der Waals surface area (Å²) in [5.41, 5.74) is 5.50. The molecule has 0 aliphatic carbocycles. The van der Waals surface area contributed by atoms with E-state index < -0.39 is 6.10 Å². The van der Waals surface area contributed by atoms with E-state index in [4.69, 9.17) is 15.0 Å². The van der Waals surface area contributed by atoms with Gasteiger partial charge in [-0.15, -0.1) is 0 Å². The van der Waals surface area contributed by atoms with Crippen LogP contribution in [0.2, 0.25) is 0 Å². The van der Waals surface area contributed by atoms with Crippen LogP contribution >= 0.6 is 9.47 Å². The molecule has 1 saturated heterocycles. The fourth-order valence-corrected chi connectivity index (χ4v) is 1.37. The SMILES string of the molecule is NC1CC(OP)CC(C=O)O1. The zero-order valence-electron chi connectivity index (χ0n) is 6.10. The number of hydrogen-bond acceptors (Lipinski definition) is 4. The van der Waals surface area contributed by atoms with E-state index in [-0.39, 0.29) is 12.3 Å². The van der Waals surface area contributed by atoms with Crippen molar-refractivity contribution in [3.8, 4) is 0 Å². The third-order valence-electron chi connectivity index (χ3n) is 1.68. The Bertz CT molecular complexity index is 144. The number of carbonyl (C=O) groups is 1. The predicted octanol–water partition coefficient (Wildman–Crippen LogP) is -0.176. The smallest absolute Gasteiger partial charge is 0.148 e. The average molecular weight is 177 g/mol. The van der Waals surface area contributed by atoms with Crippen LogP contribution in [-0.2, 0) is 14.1 Å². The Labute approximate surface area is 67.7 Å². The molecule has 64 valence electrons. The van der Waals surface area contributed by atoms with E-state index in [1.165, 1.54) is 0 Å². The van der Waals surface area contributed by atoms with Crippen molar-refractivity contribution in [2.24, 2.45) is 5.73 Å². The van der Waals surface area contributed by atoms with Gasteiger partial charge in [-0.2, -0.15) is 0 Å². The molecule has 1 aliphatic rings. The summed E-state index contributed by atoms with van der Waals surface area (Å²) in [7, 11) is 2.17. The van der Waals surface area contributed by atoms with Crippen LogP contribution in [0.5, 0.6) is 0 Å². The topological polar surface area (TPSA) is 61.5 Å². The molecular formula is C6H12NO3P. The zero-order valence-corrected chi connectivity index (χ0v) is 7.26. The molecule has 0 bridgehead atoms. The monoisotopic (exact) mass is 177 g/mol. The van der Waals surface area contributed by atoms with Crippen LogP contribution in [0.15, 0.2) is 0 Å². The summed E-state index contributed by atoms with van der Waals surface area (Å²) in [5, 5.41) is 0. The first-order valence-electron chi connectivity index (χ1n) is 3.48. The molecule has 4 nitrogen and oxygen atoms in total. The van der Waals surface area contributed by atoms with E-state index in [1.807, 2.05) is 0 Å². The largest absolute Gasteiger partial charge is 0.362 e. The summed E-state index contributed by atoms with van der Waals surface area (Å²) in [6.45, 7) is 0. The fourth-order valence-electron chi connectivity index (χ4n) is 1.15. The fraction of sp³-hybridized carbons (Fsp3) is 0.833. The molecule has 0 amide bonds. The Balaban J connectivity index is 2.43. The van der Waals surface area contributed by atoms with Gasteiger partial charge in [0.15, 0.2) is 0 Å². The maximum absolute atomic E-state index is 10.3. The van der Waals surface area contributed by atoms with Crippen LogP contribution in [0.1, 0.15) is 12.8 Å². The van der Waals surface area contributed by atoms with Crippen molar-refractivity contribution >= 4 is 15.8 Å². The second kappa shape index (κ2) is 4.12. The molecule has 0 aromatic rings. The molecule has 5 heteroatoms. The number of carbonyl (C=O) groups excluding carboxylic acids is 1. The lowest BCUT2D eigenvalue weighted by molar-refractivity contribution is -0.132. The number of rotatable bonds is 2. The van der Waals surface area contributed by atoms with Crippen LogP contribution in [-0.4, -0.2) is 24.7 Å². The summed E-state index contributed by atoms with van der Waals surface area (Å²) in [4.78, 5) is 10.3. The minimum atomic E-state index is -0.399. The summed E-state index contributed by atoms with van der Waals surface area (Å²) < 4.78 is 10.1. The molecule has 11 heavy (non-hydrogen) atoms. The van der Waals surface area contributed by atoms with Gasteiger partial charge in [-0.05, 0) is 0 Å². The molecule has 4 atom stereocenters. The van der Waals surface area contributed by atoms with Gasteiger partial charge in [-0.3, -0.25) is 0 Å². The quantitative estimate of drug-likeness (QED) is 0.469. The highest BCUT2D eigenvalue weighted by atomic mass is 31.0. The third kappa shape index (κ3) is 2.49. The van der Waals surface area contributed by atoms with E-state index in [9.17, 15) is 4.79 Å². The molecule has 0 aromatic heterocycles. The Morgan fingerprint density at radius 3 is 2.91 bits per heavy atom. The summed E-state index contributed by atoms with van der Waals surface area (Å²) in [6, 6.07) is 0. The van der Waals surface area contributed by atoms with Crippen LogP contribution in [0.3, 0.4) is 0 Å². The number of ether oxygens (including phenoxy) is 1. The Hall–Kier alpha value is -0.0200. The maximum Gasteiger partial charge on any atom is 0.148 e. The molecule has 0 saturated carbocycles. The molecule has 0 spiro atoms. The van der Waals surface area contributed by atoms with Gasteiger partial charge < -0.3 is 19.8 Å². The molecule has 2 N–H and O–H groups in total. The maximum atomic E-state index is 10.3. The highest BCUT2D eigenvalue weighted by Gasteiger charge is 2.26. The second-order valence-corrected chi connectivity index (χ2v) is 2.85. The van der Waals surface area contributed by atoms with Crippen molar-refractivity contribution in [1.82, 2.24) is 0 Å². The van der Waals surface area contributed by atoms with Crippen LogP contribution in [0.25, 0.3) is 0 Å². The van der Waals surface area contributed by atoms with E-state index in [0.717, 1.165) is 6.29 Å². The van der Waals surface area contributed by atoms with Gasteiger partial charge in [0.25, 0.3) is 0 Å². The van der Waals surface area contributed by atoms with Gasteiger partial charge in [0.1, 0.15) is 18.6 Å². The molecule has 1 rings (SSSR count). The van der Waals surface area contributed by atoms with Crippen molar-refractivity contribution in [1.29, 1.82) is 0 Å². The van der Waals surface area contributed by atoms with Gasteiger partial charge in [0.05, 0.1) is 6.10 Å². The van der Waals surface area contributed by atoms with E-state index in [1.54, 1.807) is 0 Å². The molecule has 1 heterocycles. The van der Waals surface area contributed by atoms with Gasteiger partial charge in [-0.25, -0.2) is 0 Å². The van der Waals surface area contributed by atoms with E-state index in [0.29, 0.717) is 12.8 Å². The van der Waals surface area contributed by atoms with E-state index in [2.05, 4.69) is 9.47 Å².